The molecule has 5 heteroatoms. The lowest BCUT2D eigenvalue weighted by molar-refractivity contribution is 0.0345. The maximum absolute atomic E-state index is 10.7. The normalized spacial score (nSPS) is 22.0. The van der Waals surface area contributed by atoms with Crippen LogP contribution in [0.1, 0.15) is 37.2 Å². The molecule has 2 saturated heterocycles. The van der Waals surface area contributed by atoms with Crippen LogP contribution < -0.4 is 0 Å². The van der Waals surface area contributed by atoms with E-state index in [2.05, 4.69) is 40.3 Å². The Morgan fingerprint density at radius 2 is 1.85 bits per heavy atom. The molecule has 0 radical (unpaired) electrons. The maximum Gasteiger partial charge on any atom is 0.0817 e. The third-order valence-electron chi connectivity index (χ3n) is 6.39. The number of benzene rings is 1. The molecule has 2 aromatic rings. The van der Waals surface area contributed by atoms with Crippen LogP contribution in [0.4, 0.5) is 0 Å². The van der Waals surface area contributed by atoms with Crippen molar-refractivity contribution < 1.29 is 5.11 Å². The summed E-state index contributed by atoms with van der Waals surface area (Å²) in [7, 11) is 0. The molecule has 1 unspecified atom stereocenters. The zero-order valence-electron chi connectivity index (χ0n) is 15.4. The van der Waals surface area contributed by atoms with Crippen molar-refractivity contribution in [3.8, 4) is 0 Å². The molecular formula is C21H30N4O. The predicted molar refractivity (Wildman–Crippen MR) is 106 cm³/mol. The Morgan fingerprint density at radius 3 is 2.58 bits per heavy atom. The molecule has 2 fully saturated rings. The average Bonchev–Trinajstić information content (AvgIpc) is 3.13. The van der Waals surface area contributed by atoms with Crippen molar-refractivity contribution in [2.75, 3.05) is 32.7 Å². The van der Waals surface area contributed by atoms with Crippen molar-refractivity contribution in [2.24, 2.45) is 5.92 Å². The fourth-order valence-corrected chi connectivity index (χ4v) is 4.71. The molecule has 0 spiro atoms. The van der Waals surface area contributed by atoms with Gasteiger partial charge in [-0.3, -0.25) is 5.41 Å². The quantitative estimate of drug-likeness (QED) is 0.571. The third-order valence-corrected chi connectivity index (χ3v) is 6.39. The number of likely N-dealkylation sites (tertiary alicyclic amines) is 2. The second-order valence-electron chi connectivity index (χ2n) is 7.93. The topological polar surface area (TPSA) is 66.4 Å². The number of hydrogen-bond donors (Lipinski definition) is 3. The van der Waals surface area contributed by atoms with E-state index in [0.29, 0.717) is 11.8 Å². The predicted octanol–water partition coefficient (Wildman–Crippen LogP) is 3.03. The highest BCUT2D eigenvalue weighted by Crippen LogP contribution is 2.33. The molecule has 1 aromatic carbocycles. The van der Waals surface area contributed by atoms with Crippen LogP contribution >= 0.6 is 0 Å². The first-order valence-corrected chi connectivity index (χ1v) is 9.95. The number of rotatable bonds is 5. The average molecular weight is 354 g/mol. The summed E-state index contributed by atoms with van der Waals surface area (Å²) in [5.74, 6) is 1.01. The molecule has 0 amide bonds. The third kappa shape index (κ3) is 3.64. The highest BCUT2D eigenvalue weighted by Gasteiger charge is 2.28. The second kappa shape index (κ2) is 7.80. The largest absolute Gasteiger partial charge is 0.392 e. The first-order chi connectivity index (χ1) is 12.7. The van der Waals surface area contributed by atoms with Crippen molar-refractivity contribution >= 4 is 17.2 Å². The van der Waals surface area contributed by atoms with Gasteiger partial charge in [0.2, 0.25) is 0 Å². The van der Waals surface area contributed by atoms with Crippen LogP contribution in [0.3, 0.4) is 0 Å². The molecule has 3 heterocycles. The molecule has 4 rings (SSSR count). The number of hydrogen-bond acceptors (Lipinski definition) is 3. The summed E-state index contributed by atoms with van der Waals surface area (Å²) in [5, 5.41) is 19.4. The van der Waals surface area contributed by atoms with E-state index < -0.39 is 0 Å². The van der Waals surface area contributed by atoms with E-state index in [-0.39, 0.29) is 6.10 Å². The van der Waals surface area contributed by atoms with E-state index in [1.165, 1.54) is 35.6 Å². The number of aliphatic hydroxyl groups is 1. The first-order valence-electron chi connectivity index (χ1n) is 9.95. The Labute approximate surface area is 155 Å². The lowest BCUT2D eigenvalue weighted by Crippen LogP contribution is -2.44. The van der Waals surface area contributed by atoms with Crippen LogP contribution in [0.2, 0.25) is 0 Å². The van der Waals surface area contributed by atoms with Crippen LogP contribution in [0.15, 0.2) is 30.5 Å². The van der Waals surface area contributed by atoms with E-state index >= 15 is 0 Å². The zero-order chi connectivity index (χ0) is 17.9. The van der Waals surface area contributed by atoms with Gasteiger partial charge >= 0.3 is 0 Å². The SMILES string of the molecule is N=CN1CCC(C(O)CN2CCC(c3c[nH]c4ccccc34)CC2)CC1. The number of piperidine rings is 2. The van der Waals surface area contributed by atoms with Crippen molar-refractivity contribution in [1.29, 1.82) is 5.41 Å². The van der Waals surface area contributed by atoms with Gasteiger partial charge in [-0.1, -0.05) is 18.2 Å². The Balaban J connectivity index is 1.29. The molecule has 0 aliphatic carbocycles. The first kappa shape index (κ1) is 17.6. The number of aliphatic hydroxyl groups excluding tert-OH is 1. The second-order valence-corrected chi connectivity index (χ2v) is 7.93. The van der Waals surface area contributed by atoms with Gasteiger partial charge in [0.25, 0.3) is 0 Å². The zero-order valence-corrected chi connectivity index (χ0v) is 15.4. The monoisotopic (exact) mass is 354 g/mol. The van der Waals surface area contributed by atoms with Crippen molar-refractivity contribution in [2.45, 2.75) is 37.7 Å². The van der Waals surface area contributed by atoms with E-state index in [1.54, 1.807) is 0 Å². The summed E-state index contributed by atoms with van der Waals surface area (Å²) in [6.45, 7) is 4.76. The van der Waals surface area contributed by atoms with Gasteiger partial charge in [-0.05, 0) is 62.2 Å². The number of H-pyrrole nitrogens is 1. The van der Waals surface area contributed by atoms with Crippen molar-refractivity contribution in [3.05, 3.63) is 36.0 Å². The summed E-state index contributed by atoms with van der Waals surface area (Å²) >= 11 is 0. The van der Waals surface area contributed by atoms with Crippen LogP contribution in [-0.2, 0) is 0 Å². The van der Waals surface area contributed by atoms with Gasteiger partial charge in [0.1, 0.15) is 0 Å². The van der Waals surface area contributed by atoms with Crippen molar-refractivity contribution in [3.63, 3.8) is 0 Å². The lowest BCUT2D eigenvalue weighted by atomic mass is 9.87. The summed E-state index contributed by atoms with van der Waals surface area (Å²) in [4.78, 5) is 7.89. The van der Waals surface area contributed by atoms with E-state index in [0.717, 1.165) is 45.6 Å². The fraction of sp³-hybridized carbons (Fsp3) is 0.571. The number of nitrogens with one attached hydrogen (secondary N) is 2. The van der Waals surface area contributed by atoms with Crippen LogP contribution in [0.5, 0.6) is 0 Å². The molecule has 2 aliphatic heterocycles. The van der Waals surface area contributed by atoms with Crippen molar-refractivity contribution in [1.82, 2.24) is 14.8 Å². The minimum Gasteiger partial charge on any atom is -0.392 e. The van der Waals surface area contributed by atoms with E-state index in [4.69, 9.17) is 5.41 Å². The summed E-state index contributed by atoms with van der Waals surface area (Å²) in [5.41, 5.74) is 2.69. The molecular weight excluding hydrogens is 324 g/mol. The fourth-order valence-electron chi connectivity index (χ4n) is 4.71. The van der Waals surface area contributed by atoms with Crippen LogP contribution in [0.25, 0.3) is 10.9 Å². The number of aromatic nitrogens is 1. The summed E-state index contributed by atoms with van der Waals surface area (Å²) in [6, 6.07) is 8.57. The number of para-hydroxylation sites is 1. The summed E-state index contributed by atoms with van der Waals surface area (Å²) < 4.78 is 0. The maximum atomic E-state index is 10.7. The minimum atomic E-state index is -0.229. The molecule has 1 atom stereocenters. The standard InChI is InChI=1S/C21H30N4O/c22-15-25-11-7-17(8-12-25)21(26)14-24-9-5-16(6-10-24)19-13-23-20-4-2-1-3-18(19)20/h1-4,13,15-17,21-23,26H,5-12,14H2. The van der Waals surface area contributed by atoms with Gasteiger partial charge in [0.15, 0.2) is 0 Å². The number of fused-ring (bicyclic) bond motifs is 1. The van der Waals surface area contributed by atoms with Gasteiger partial charge in [-0.25, -0.2) is 0 Å². The summed E-state index contributed by atoms with van der Waals surface area (Å²) in [6.07, 6.45) is 7.73. The highest BCUT2D eigenvalue weighted by atomic mass is 16.3. The lowest BCUT2D eigenvalue weighted by Gasteiger charge is -2.37. The Kier molecular flexibility index (Phi) is 5.27. The molecule has 3 N–H and O–H groups in total. The molecule has 1 aromatic heterocycles. The smallest absolute Gasteiger partial charge is 0.0817 e. The van der Waals surface area contributed by atoms with E-state index in [9.17, 15) is 5.11 Å². The van der Waals surface area contributed by atoms with Crippen LogP contribution in [0, 0.1) is 11.3 Å². The molecule has 0 bridgehead atoms. The number of β-amino-alcohol motifs (C(OH)–C–C–N with tert-alkyl or cyclic N) is 1. The molecule has 5 nitrogen and oxygen atoms in total. The minimum absolute atomic E-state index is 0.229. The Hall–Kier alpha value is -1.85. The van der Waals surface area contributed by atoms with Gasteiger partial charge in [0, 0.05) is 36.7 Å². The molecule has 2 aliphatic rings. The van der Waals surface area contributed by atoms with Crippen LogP contribution in [-0.4, -0.2) is 65.1 Å². The Bertz CT molecular complexity index is 726. The molecule has 26 heavy (non-hydrogen) atoms. The van der Waals surface area contributed by atoms with Gasteiger partial charge in [-0.15, -0.1) is 0 Å². The number of aromatic amines is 1. The molecule has 140 valence electrons. The molecule has 0 saturated carbocycles. The Morgan fingerprint density at radius 1 is 1.12 bits per heavy atom. The van der Waals surface area contributed by atoms with Gasteiger partial charge < -0.3 is 19.9 Å². The van der Waals surface area contributed by atoms with Gasteiger partial charge in [-0.2, -0.15) is 0 Å². The highest BCUT2D eigenvalue weighted by molar-refractivity contribution is 5.83. The van der Waals surface area contributed by atoms with Gasteiger partial charge in [0.05, 0.1) is 12.4 Å². The number of nitrogens with zero attached hydrogens (tertiary/aromatic N) is 2. The van der Waals surface area contributed by atoms with E-state index in [1.807, 2.05) is 4.90 Å².